The molecular formula is C6H9FO2. The molecule has 0 saturated carbocycles. The molecule has 2 nitrogen and oxygen atoms in total. The topological polar surface area (TPSA) is 18.5 Å². The van der Waals surface area contributed by atoms with Gasteiger partial charge in [-0.15, -0.1) is 0 Å². The highest BCUT2D eigenvalue weighted by Gasteiger charge is 2.26. The van der Waals surface area contributed by atoms with E-state index in [2.05, 4.69) is 0 Å². The fourth-order valence-corrected chi connectivity index (χ4v) is 0.630. The van der Waals surface area contributed by atoms with Crippen molar-refractivity contribution in [2.24, 2.45) is 0 Å². The maximum atomic E-state index is 11.8. The van der Waals surface area contributed by atoms with Crippen LogP contribution in [0.2, 0.25) is 0 Å². The summed E-state index contributed by atoms with van der Waals surface area (Å²) in [4.78, 5) is 0. The van der Waals surface area contributed by atoms with Crippen LogP contribution in [-0.2, 0) is 9.47 Å². The van der Waals surface area contributed by atoms with Crippen molar-refractivity contribution in [3.63, 3.8) is 0 Å². The molecule has 0 aromatic heterocycles. The normalized spacial score (nSPS) is 22.3. The van der Waals surface area contributed by atoms with E-state index in [1.807, 2.05) is 0 Å². The van der Waals surface area contributed by atoms with Crippen molar-refractivity contribution >= 4 is 0 Å². The van der Waals surface area contributed by atoms with Gasteiger partial charge >= 0.3 is 0 Å². The van der Waals surface area contributed by atoms with Crippen LogP contribution < -0.4 is 0 Å². The Morgan fingerprint density at radius 1 is 1.67 bits per heavy atom. The molecule has 3 heteroatoms. The molecule has 0 saturated heterocycles. The van der Waals surface area contributed by atoms with Crippen molar-refractivity contribution in [2.75, 3.05) is 6.67 Å². The highest BCUT2D eigenvalue weighted by Crippen LogP contribution is 2.23. The van der Waals surface area contributed by atoms with Gasteiger partial charge in [0, 0.05) is 13.8 Å². The summed E-state index contributed by atoms with van der Waals surface area (Å²) in [6, 6.07) is 0. The van der Waals surface area contributed by atoms with E-state index in [1.165, 1.54) is 6.26 Å². The van der Waals surface area contributed by atoms with Gasteiger partial charge in [-0.1, -0.05) is 0 Å². The Balaban J connectivity index is 2.50. The number of ether oxygens (including phenoxy) is 2. The number of allylic oxidation sites excluding steroid dienone is 1. The molecule has 1 aliphatic heterocycles. The molecule has 0 fully saturated rings. The Labute approximate surface area is 53.3 Å². The van der Waals surface area contributed by atoms with Crippen LogP contribution in [-0.4, -0.2) is 12.5 Å². The monoisotopic (exact) mass is 132 g/mol. The van der Waals surface area contributed by atoms with Gasteiger partial charge in [-0.05, 0) is 0 Å². The molecule has 0 atom stereocenters. The molecule has 9 heavy (non-hydrogen) atoms. The minimum absolute atomic E-state index is 0.264. The summed E-state index contributed by atoms with van der Waals surface area (Å²) in [5.74, 6) is -0.401. The molecule has 0 aliphatic carbocycles. The van der Waals surface area contributed by atoms with Crippen LogP contribution >= 0.6 is 0 Å². The molecule has 0 aromatic carbocycles. The van der Waals surface area contributed by atoms with Crippen LogP contribution in [0.4, 0.5) is 4.39 Å². The molecule has 0 bridgehead atoms. The van der Waals surface area contributed by atoms with Crippen molar-refractivity contribution in [2.45, 2.75) is 19.6 Å². The first kappa shape index (κ1) is 6.39. The third kappa shape index (κ3) is 1.34. The molecule has 0 amide bonds. The molecule has 0 spiro atoms. The van der Waals surface area contributed by atoms with Crippen LogP contribution in [0.5, 0.6) is 0 Å². The van der Waals surface area contributed by atoms with E-state index in [4.69, 9.17) is 9.47 Å². The standard InChI is InChI=1S/C6H9FO2/c1-6(2)8-4-5(3-7)9-6/h4H,3H2,1-2H3. The van der Waals surface area contributed by atoms with Gasteiger partial charge in [0.2, 0.25) is 5.79 Å². The molecular weight excluding hydrogens is 123 g/mol. The summed E-state index contributed by atoms with van der Waals surface area (Å²) in [6.07, 6.45) is 1.31. The fraction of sp³-hybridized carbons (Fsp3) is 0.667. The Hall–Kier alpha value is -0.730. The van der Waals surface area contributed by atoms with Crippen molar-refractivity contribution < 1.29 is 13.9 Å². The number of rotatable bonds is 1. The van der Waals surface area contributed by atoms with E-state index in [9.17, 15) is 4.39 Å². The maximum Gasteiger partial charge on any atom is 0.244 e. The summed E-state index contributed by atoms with van der Waals surface area (Å²) in [5.41, 5.74) is 0. The second-order valence-corrected chi connectivity index (χ2v) is 2.34. The summed E-state index contributed by atoms with van der Waals surface area (Å²) >= 11 is 0. The van der Waals surface area contributed by atoms with Crippen LogP contribution in [0, 0.1) is 0 Å². The number of hydrogen-bond acceptors (Lipinski definition) is 2. The van der Waals surface area contributed by atoms with Gasteiger partial charge in [0.1, 0.15) is 12.9 Å². The number of halogens is 1. The summed E-state index contributed by atoms with van der Waals surface area (Å²) in [5, 5.41) is 0. The highest BCUT2D eigenvalue weighted by molar-refractivity contribution is 4.94. The Morgan fingerprint density at radius 3 is 2.56 bits per heavy atom. The van der Waals surface area contributed by atoms with Gasteiger partial charge in [0.25, 0.3) is 0 Å². The summed E-state index contributed by atoms with van der Waals surface area (Å²) in [7, 11) is 0. The average molecular weight is 132 g/mol. The van der Waals surface area contributed by atoms with E-state index in [-0.39, 0.29) is 5.76 Å². The lowest BCUT2D eigenvalue weighted by Crippen LogP contribution is -2.20. The van der Waals surface area contributed by atoms with Crippen LogP contribution in [0.1, 0.15) is 13.8 Å². The molecule has 1 heterocycles. The third-order valence-electron chi connectivity index (χ3n) is 0.983. The summed E-state index contributed by atoms with van der Waals surface area (Å²) in [6.45, 7) is 2.86. The van der Waals surface area contributed by atoms with E-state index in [0.29, 0.717) is 0 Å². The van der Waals surface area contributed by atoms with Gasteiger partial charge in [-0.2, -0.15) is 0 Å². The Kier molecular flexibility index (Phi) is 1.35. The van der Waals surface area contributed by atoms with E-state index >= 15 is 0 Å². The Bertz CT molecular complexity index is 140. The van der Waals surface area contributed by atoms with E-state index < -0.39 is 12.5 Å². The van der Waals surface area contributed by atoms with E-state index in [0.717, 1.165) is 0 Å². The molecule has 0 aromatic rings. The second kappa shape index (κ2) is 1.90. The van der Waals surface area contributed by atoms with Gasteiger partial charge < -0.3 is 9.47 Å². The summed E-state index contributed by atoms with van der Waals surface area (Å²) < 4.78 is 21.6. The highest BCUT2D eigenvalue weighted by atomic mass is 19.1. The third-order valence-corrected chi connectivity index (χ3v) is 0.983. The fourth-order valence-electron chi connectivity index (χ4n) is 0.630. The average Bonchev–Trinajstić information content (AvgIpc) is 2.10. The lowest BCUT2D eigenvalue weighted by atomic mass is 10.4. The van der Waals surface area contributed by atoms with Gasteiger partial charge in [0.05, 0.1) is 0 Å². The first-order valence-electron chi connectivity index (χ1n) is 2.76. The zero-order valence-electron chi connectivity index (χ0n) is 5.48. The first-order chi connectivity index (χ1) is 4.14. The van der Waals surface area contributed by atoms with Gasteiger partial charge in [-0.3, -0.25) is 0 Å². The van der Waals surface area contributed by atoms with Crippen molar-refractivity contribution in [1.82, 2.24) is 0 Å². The van der Waals surface area contributed by atoms with Gasteiger partial charge in [-0.25, -0.2) is 4.39 Å². The van der Waals surface area contributed by atoms with Crippen LogP contribution in [0.3, 0.4) is 0 Å². The zero-order valence-corrected chi connectivity index (χ0v) is 5.48. The SMILES string of the molecule is CC1(C)OC=C(CF)O1. The molecule has 52 valence electrons. The maximum absolute atomic E-state index is 11.8. The predicted octanol–water partition coefficient (Wildman–Crippen LogP) is 1.58. The van der Waals surface area contributed by atoms with Crippen LogP contribution in [0.25, 0.3) is 0 Å². The lowest BCUT2D eigenvalue weighted by Gasteiger charge is -2.17. The minimum atomic E-state index is -0.665. The molecule has 0 N–H and O–H groups in total. The first-order valence-corrected chi connectivity index (χ1v) is 2.76. The van der Waals surface area contributed by atoms with E-state index in [1.54, 1.807) is 13.8 Å². The minimum Gasteiger partial charge on any atom is -0.457 e. The zero-order chi connectivity index (χ0) is 6.91. The van der Waals surface area contributed by atoms with Crippen molar-refractivity contribution in [3.8, 4) is 0 Å². The van der Waals surface area contributed by atoms with Crippen LogP contribution in [0.15, 0.2) is 12.0 Å². The lowest BCUT2D eigenvalue weighted by molar-refractivity contribution is -0.118. The predicted molar refractivity (Wildman–Crippen MR) is 30.3 cm³/mol. The van der Waals surface area contributed by atoms with Gasteiger partial charge in [0.15, 0.2) is 5.76 Å². The number of alkyl halides is 1. The quantitative estimate of drug-likeness (QED) is 0.539. The number of hydrogen-bond donors (Lipinski definition) is 0. The van der Waals surface area contributed by atoms with Crippen molar-refractivity contribution in [1.29, 1.82) is 0 Å². The molecule has 1 aliphatic rings. The van der Waals surface area contributed by atoms with Crippen molar-refractivity contribution in [3.05, 3.63) is 12.0 Å². The largest absolute Gasteiger partial charge is 0.457 e. The molecule has 0 radical (unpaired) electrons. The molecule has 0 unspecified atom stereocenters. The second-order valence-electron chi connectivity index (χ2n) is 2.34. The molecule has 1 rings (SSSR count). The smallest absolute Gasteiger partial charge is 0.244 e. The Morgan fingerprint density at radius 2 is 2.33 bits per heavy atom.